The number of hydrogen-bond acceptors (Lipinski definition) is 10. The lowest BCUT2D eigenvalue weighted by Gasteiger charge is -2.39. The Bertz CT molecular complexity index is 988. The molecule has 1 saturated heterocycles. The number of aromatic hydroxyl groups is 1. The SMILES string of the molecule is CCCCCCCCCCOc1ccc2c(O)c(O[C@@H]3O[C@H](CO)[C@@H](O)[C@H](O)[C@@H]3O)c(=O)oc2c1. The van der Waals surface area contributed by atoms with E-state index < -0.39 is 54.4 Å². The number of hydrogen-bond donors (Lipinski definition) is 5. The molecule has 10 heteroatoms. The van der Waals surface area contributed by atoms with Crippen molar-refractivity contribution in [2.75, 3.05) is 13.2 Å². The first-order chi connectivity index (χ1) is 16.9. The zero-order valence-corrected chi connectivity index (χ0v) is 20.0. The van der Waals surface area contributed by atoms with Gasteiger partial charge in [0, 0.05) is 6.07 Å². The van der Waals surface area contributed by atoms with Crippen LogP contribution in [-0.2, 0) is 4.74 Å². The van der Waals surface area contributed by atoms with E-state index in [1.54, 1.807) is 6.07 Å². The third kappa shape index (κ3) is 6.86. The second-order valence-corrected chi connectivity index (χ2v) is 8.86. The van der Waals surface area contributed by atoms with Crippen molar-refractivity contribution in [3.63, 3.8) is 0 Å². The molecular formula is C25H36O10. The van der Waals surface area contributed by atoms with Crippen molar-refractivity contribution >= 4 is 11.0 Å². The molecule has 3 rings (SSSR count). The lowest BCUT2D eigenvalue weighted by atomic mass is 9.99. The number of fused-ring (bicyclic) bond motifs is 1. The van der Waals surface area contributed by atoms with Crippen molar-refractivity contribution < 1.29 is 44.2 Å². The summed E-state index contributed by atoms with van der Waals surface area (Å²) in [6, 6.07) is 4.64. The van der Waals surface area contributed by atoms with Crippen LogP contribution in [0.3, 0.4) is 0 Å². The molecule has 196 valence electrons. The molecule has 0 saturated carbocycles. The van der Waals surface area contributed by atoms with E-state index in [0.717, 1.165) is 12.8 Å². The lowest BCUT2D eigenvalue weighted by molar-refractivity contribution is -0.278. The van der Waals surface area contributed by atoms with Gasteiger partial charge < -0.3 is 44.2 Å². The first kappa shape index (κ1) is 27.2. The predicted octanol–water partition coefficient (Wildman–Crippen LogP) is 2.20. The molecule has 1 fully saturated rings. The Hall–Kier alpha value is -2.37. The molecule has 1 aliphatic heterocycles. The van der Waals surface area contributed by atoms with Crippen LogP contribution in [0, 0.1) is 0 Å². The smallest absolute Gasteiger partial charge is 0.383 e. The predicted molar refractivity (Wildman–Crippen MR) is 127 cm³/mol. The molecule has 0 spiro atoms. The summed E-state index contributed by atoms with van der Waals surface area (Å²) in [5.41, 5.74) is -0.950. The molecule has 0 amide bonds. The summed E-state index contributed by atoms with van der Waals surface area (Å²) in [4.78, 5) is 12.5. The summed E-state index contributed by atoms with van der Waals surface area (Å²) in [5, 5.41) is 50.0. The highest BCUT2D eigenvalue weighted by Crippen LogP contribution is 2.35. The van der Waals surface area contributed by atoms with Gasteiger partial charge in [-0.1, -0.05) is 51.9 Å². The van der Waals surface area contributed by atoms with Crippen molar-refractivity contribution in [3.8, 4) is 17.2 Å². The molecule has 2 aromatic rings. The fraction of sp³-hybridized carbons (Fsp3) is 0.640. The van der Waals surface area contributed by atoms with Crippen molar-refractivity contribution in [1.29, 1.82) is 0 Å². The summed E-state index contributed by atoms with van der Waals surface area (Å²) in [6.07, 6.45) is 1.60. The standard InChI is InChI=1S/C25H36O10/c1-2-3-4-5-6-7-8-9-12-32-15-10-11-16-17(13-15)33-24(31)23(19(16)27)35-25-22(30)21(29)20(28)18(14-26)34-25/h10-11,13,18,20-22,25-30H,2-9,12,14H2,1H3/t18-,20-,21+,22+,25+/m1/s1. The summed E-state index contributed by atoms with van der Waals surface area (Å²) in [6.45, 7) is 2.06. The molecule has 5 N–H and O–H groups in total. The zero-order valence-electron chi connectivity index (χ0n) is 20.0. The van der Waals surface area contributed by atoms with E-state index in [1.807, 2.05) is 0 Å². The number of unbranched alkanes of at least 4 members (excludes halogenated alkanes) is 7. The maximum atomic E-state index is 12.5. The van der Waals surface area contributed by atoms with Crippen LogP contribution >= 0.6 is 0 Å². The minimum Gasteiger partial charge on any atom is -0.504 e. The first-order valence-corrected chi connectivity index (χ1v) is 12.3. The van der Waals surface area contributed by atoms with Gasteiger partial charge in [-0.3, -0.25) is 0 Å². The molecule has 35 heavy (non-hydrogen) atoms. The Balaban J connectivity index is 1.61. The largest absolute Gasteiger partial charge is 0.504 e. The minimum atomic E-state index is -1.74. The Morgan fingerprint density at radius 1 is 0.943 bits per heavy atom. The summed E-state index contributed by atoms with van der Waals surface area (Å²) < 4.78 is 21.6. The van der Waals surface area contributed by atoms with E-state index in [9.17, 15) is 30.3 Å². The molecule has 1 aromatic heterocycles. The highest BCUT2D eigenvalue weighted by Gasteiger charge is 2.45. The minimum absolute atomic E-state index is 0.0853. The van der Waals surface area contributed by atoms with Crippen LogP contribution in [0.2, 0.25) is 0 Å². The van der Waals surface area contributed by atoms with Gasteiger partial charge >= 0.3 is 5.63 Å². The van der Waals surface area contributed by atoms with E-state index in [1.165, 1.54) is 50.7 Å². The molecule has 0 bridgehead atoms. The van der Waals surface area contributed by atoms with E-state index >= 15 is 0 Å². The van der Waals surface area contributed by atoms with Crippen molar-refractivity contribution in [2.24, 2.45) is 0 Å². The first-order valence-electron chi connectivity index (χ1n) is 12.3. The third-order valence-electron chi connectivity index (χ3n) is 6.16. The van der Waals surface area contributed by atoms with Gasteiger partial charge in [0.05, 0.1) is 18.6 Å². The van der Waals surface area contributed by atoms with Crippen LogP contribution in [0.4, 0.5) is 0 Å². The average Bonchev–Trinajstić information content (AvgIpc) is 2.85. The van der Waals surface area contributed by atoms with E-state index in [4.69, 9.17) is 18.6 Å². The van der Waals surface area contributed by atoms with Crippen molar-refractivity contribution in [2.45, 2.75) is 89.0 Å². The van der Waals surface area contributed by atoms with Crippen LogP contribution in [0.25, 0.3) is 11.0 Å². The second-order valence-electron chi connectivity index (χ2n) is 8.86. The highest BCUT2D eigenvalue weighted by atomic mass is 16.7. The van der Waals surface area contributed by atoms with E-state index in [2.05, 4.69) is 6.92 Å². The van der Waals surface area contributed by atoms with Gasteiger partial charge in [-0.05, 0) is 18.6 Å². The normalized spacial score (nSPS) is 24.5. The number of benzene rings is 1. The van der Waals surface area contributed by atoms with Crippen LogP contribution < -0.4 is 15.1 Å². The Labute approximate surface area is 203 Å². The monoisotopic (exact) mass is 496 g/mol. The number of rotatable bonds is 13. The lowest BCUT2D eigenvalue weighted by Crippen LogP contribution is -2.60. The Kier molecular flexibility index (Phi) is 10.2. The van der Waals surface area contributed by atoms with Gasteiger partial charge in [0.2, 0.25) is 6.29 Å². The number of aliphatic hydroxyl groups excluding tert-OH is 4. The van der Waals surface area contributed by atoms with Crippen molar-refractivity contribution in [3.05, 3.63) is 28.6 Å². The van der Waals surface area contributed by atoms with Gasteiger partial charge in [-0.15, -0.1) is 0 Å². The number of aliphatic hydroxyl groups is 4. The Morgan fingerprint density at radius 3 is 2.31 bits per heavy atom. The third-order valence-corrected chi connectivity index (χ3v) is 6.16. The second kappa shape index (κ2) is 13.1. The molecule has 0 aliphatic carbocycles. The molecule has 1 aromatic carbocycles. The molecule has 2 heterocycles. The number of ether oxygens (including phenoxy) is 3. The van der Waals surface area contributed by atoms with Crippen molar-refractivity contribution in [1.82, 2.24) is 0 Å². The summed E-state index contributed by atoms with van der Waals surface area (Å²) >= 11 is 0. The Morgan fingerprint density at radius 2 is 1.63 bits per heavy atom. The fourth-order valence-corrected chi connectivity index (χ4v) is 4.05. The maximum Gasteiger partial charge on any atom is 0.383 e. The van der Waals surface area contributed by atoms with Gasteiger partial charge in [0.1, 0.15) is 35.7 Å². The topological polar surface area (TPSA) is 159 Å². The highest BCUT2D eigenvalue weighted by molar-refractivity contribution is 5.86. The average molecular weight is 497 g/mol. The molecule has 5 atom stereocenters. The van der Waals surface area contributed by atoms with Gasteiger partial charge in [-0.25, -0.2) is 4.79 Å². The van der Waals surface area contributed by atoms with Gasteiger partial charge in [0.25, 0.3) is 5.75 Å². The van der Waals surface area contributed by atoms with Gasteiger partial charge in [0.15, 0.2) is 5.75 Å². The molecular weight excluding hydrogens is 460 g/mol. The van der Waals surface area contributed by atoms with E-state index in [-0.39, 0.29) is 11.0 Å². The van der Waals surface area contributed by atoms with E-state index in [0.29, 0.717) is 12.4 Å². The molecule has 10 nitrogen and oxygen atoms in total. The fourth-order valence-electron chi connectivity index (χ4n) is 4.05. The molecule has 1 aliphatic rings. The summed E-state index contributed by atoms with van der Waals surface area (Å²) in [7, 11) is 0. The van der Waals surface area contributed by atoms with Crippen LogP contribution in [0.15, 0.2) is 27.4 Å². The van der Waals surface area contributed by atoms with Crippen LogP contribution in [0.1, 0.15) is 58.3 Å². The molecule has 0 unspecified atom stereocenters. The zero-order chi connectivity index (χ0) is 25.4. The maximum absolute atomic E-state index is 12.5. The van der Waals surface area contributed by atoms with Gasteiger partial charge in [-0.2, -0.15) is 0 Å². The quantitative estimate of drug-likeness (QED) is 0.205. The summed E-state index contributed by atoms with van der Waals surface area (Å²) in [5.74, 6) is -0.678. The molecule has 0 radical (unpaired) electrons. The van der Waals surface area contributed by atoms with Crippen LogP contribution in [-0.4, -0.2) is 69.5 Å². The van der Waals surface area contributed by atoms with Crippen LogP contribution in [0.5, 0.6) is 17.2 Å².